The molecule has 4 heteroatoms. The van der Waals surface area contributed by atoms with Crippen molar-refractivity contribution in [2.75, 3.05) is 27.2 Å². The molecule has 0 saturated carbocycles. The van der Waals surface area contributed by atoms with Crippen LogP contribution in [0.5, 0.6) is 0 Å². The highest BCUT2D eigenvalue weighted by atomic mass is 32.1. The number of thiazole rings is 1. The predicted molar refractivity (Wildman–Crippen MR) is 76.2 cm³/mol. The Bertz CT molecular complexity index is 405. The third kappa shape index (κ3) is 2.10. The largest absolute Gasteiger partial charge is 0.307 e. The summed E-state index contributed by atoms with van der Waals surface area (Å²) in [6.45, 7) is 2.31. The number of rotatable bonds is 2. The number of likely N-dealkylation sites (N-methyl/N-ethyl adjacent to an activating group) is 2. The summed E-state index contributed by atoms with van der Waals surface area (Å²) in [6.07, 6.45) is 7.61. The van der Waals surface area contributed by atoms with E-state index in [0.717, 1.165) is 6.54 Å². The molecule has 0 aromatic carbocycles. The van der Waals surface area contributed by atoms with Gasteiger partial charge in [-0.2, -0.15) is 0 Å². The minimum Gasteiger partial charge on any atom is -0.307 e. The standard InChI is InChI=1S/C14H23N3S/c1-15-14(8-5-9-17(2)10-14)13-16-11-6-3-4-7-12(11)18-13/h15H,3-10H2,1-2H3. The van der Waals surface area contributed by atoms with E-state index in [2.05, 4.69) is 24.3 Å². The van der Waals surface area contributed by atoms with Gasteiger partial charge in [-0.1, -0.05) is 0 Å². The van der Waals surface area contributed by atoms with E-state index < -0.39 is 0 Å². The number of hydrogen-bond donors (Lipinski definition) is 1. The molecule has 3 nitrogen and oxygen atoms in total. The van der Waals surface area contributed by atoms with Gasteiger partial charge in [-0.15, -0.1) is 11.3 Å². The Morgan fingerprint density at radius 1 is 1.28 bits per heavy atom. The molecule has 2 heterocycles. The summed E-state index contributed by atoms with van der Waals surface area (Å²) in [7, 11) is 4.32. The normalized spacial score (nSPS) is 29.2. The van der Waals surface area contributed by atoms with Crippen LogP contribution in [0.4, 0.5) is 0 Å². The van der Waals surface area contributed by atoms with Crippen molar-refractivity contribution in [1.82, 2.24) is 15.2 Å². The molecule has 1 aromatic rings. The Hall–Kier alpha value is -0.450. The fourth-order valence-electron chi connectivity index (χ4n) is 3.31. The SMILES string of the molecule is CNC1(c2nc3c(s2)CCCC3)CCCN(C)C1. The van der Waals surface area contributed by atoms with E-state index in [9.17, 15) is 0 Å². The summed E-state index contributed by atoms with van der Waals surface area (Å²) in [6, 6.07) is 0. The number of piperidine rings is 1. The van der Waals surface area contributed by atoms with Crippen LogP contribution in [-0.2, 0) is 18.4 Å². The number of nitrogens with one attached hydrogen (secondary N) is 1. The fraction of sp³-hybridized carbons (Fsp3) is 0.786. The van der Waals surface area contributed by atoms with Gasteiger partial charge in [0.15, 0.2) is 0 Å². The zero-order valence-electron chi connectivity index (χ0n) is 11.5. The molecule has 1 saturated heterocycles. The molecule has 1 aliphatic carbocycles. The lowest BCUT2D eigenvalue weighted by molar-refractivity contribution is 0.151. The summed E-state index contributed by atoms with van der Waals surface area (Å²) in [4.78, 5) is 8.97. The van der Waals surface area contributed by atoms with Gasteiger partial charge in [0.25, 0.3) is 0 Å². The Morgan fingerprint density at radius 3 is 2.83 bits per heavy atom. The first-order chi connectivity index (χ1) is 8.73. The van der Waals surface area contributed by atoms with Gasteiger partial charge in [0.1, 0.15) is 5.01 Å². The first kappa shape index (κ1) is 12.6. The van der Waals surface area contributed by atoms with Crippen LogP contribution >= 0.6 is 11.3 Å². The summed E-state index contributed by atoms with van der Waals surface area (Å²) in [5.74, 6) is 0. The van der Waals surface area contributed by atoms with E-state index in [1.165, 1.54) is 55.8 Å². The number of nitrogens with zero attached hydrogens (tertiary/aromatic N) is 2. The molecule has 18 heavy (non-hydrogen) atoms. The molecule has 2 aliphatic rings. The second kappa shape index (κ2) is 4.91. The van der Waals surface area contributed by atoms with Gasteiger partial charge in [0, 0.05) is 11.4 Å². The number of fused-ring (bicyclic) bond motifs is 1. The molecule has 0 amide bonds. The summed E-state index contributed by atoms with van der Waals surface area (Å²) >= 11 is 1.97. The van der Waals surface area contributed by atoms with Crippen LogP contribution in [0.2, 0.25) is 0 Å². The maximum atomic E-state index is 4.98. The smallest absolute Gasteiger partial charge is 0.115 e. The second-order valence-electron chi connectivity index (χ2n) is 5.77. The zero-order valence-corrected chi connectivity index (χ0v) is 12.3. The lowest BCUT2D eigenvalue weighted by atomic mass is 9.90. The molecule has 1 unspecified atom stereocenters. The predicted octanol–water partition coefficient (Wildman–Crippen LogP) is 2.16. The molecule has 100 valence electrons. The molecule has 3 rings (SSSR count). The van der Waals surface area contributed by atoms with Gasteiger partial charge in [0.05, 0.1) is 11.2 Å². The van der Waals surface area contributed by atoms with Crippen molar-refractivity contribution in [3.63, 3.8) is 0 Å². The molecule has 1 atom stereocenters. The molecular formula is C14H23N3S. The van der Waals surface area contributed by atoms with Crippen molar-refractivity contribution in [2.24, 2.45) is 0 Å². The quantitative estimate of drug-likeness (QED) is 0.888. The minimum atomic E-state index is 0.106. The van der Waals surface area contributed by atoms with E-state index in [0.29, 0.717) is 0 Å². The Morgan fingerprint density at radius 2 is 2.11 bits per heavy atom. The second-order valence-corrected chi connectivity index (χ2v) is 6.85. The highest BCUT2D eigenvalue weighted by Crippen LogP contribution is 2.37. The van der Waals surface area contributed by atoms with Gasteiger partial charge in [0.2, 0.25) is 0 Å². The van der Waals surface area contributed by atoms with Crippen molar-refractivity contribution < 1.29 is 0 Å². The number of likely N-dealkylation sites (tertiary alicyclic amines) is 1. The molecule has 0 spiro atoms. The number of aromatic nitrogens is 1. The third-order valence-electron chi connectivity index (χ3n) is 4.42. The molecular weight excluding hydrogens is 242 g/mol. The molecule has 0 bridgehead atoms. The zero-order chi connectivity index (χ0) is 12.6. The van der Waals surface area contributed by atoms with Gasteiger partial charge < -0.3 is 10.2 Å². The average Bonchev–Trinajstić information content (AvgIpc) is 2.83. The molecule has 1 fully saturated rings. The van der Waals surface area contributed by atoms with Crippen LogP contribution in [-0.4, -0.2) is 37.1 Å². The van der Waals surface area contributed by atoms with E-state index >= 15 is 0 Å². The van der Waals surface area contributed by atoms with Crippen LogP contribution in [0.3, 0.4) is 0 Å². The van der Waals surface area contributed by atoms with E-state index in [1.54, 1.807) is 4.88 Å². The first-order valence-electron chi connectivity index (χ1n) is 7.10. The van der Waals surface area contributed by atoms with Crippen LogP contribution in [0, 0.1) is 0 Å². The molecule has 1 aromatic heterocycles. The maximum absolute atomic E-state index is 4.98. The van der Waals surface area contributed by atoms with Crippen molar-refractivity contribution in [2.45, 2.75) is 44.1 Å². The molecule has 1 aliphatic heterocycles. The first-order valence-corrected chi connectivity index (χ1v) is 7.92. The van der Waals surface area contributed by atoms with Gasteiger partial charge in [-0.25, -0.2) is 4.98 Å². The van der Waals surface area contributed by atoms with Crippen molar-refractivity contribution in [3.8, 4) is 0 Å². The van der Waals surface area contributed by atoms with Gasteiger partial charge in [-0.3, -0.25) is 0 Å². The number of aryl methyl sites for hydroxylation is 2. The third-order valence-corrected chi connectivity index (χ3v) is 5.78. The van der Waals surface area contributed by atoms with Crippen molar-refractivity contribution in [3.05, 3.63) is 15.6 Å². The Kier molecular flexibility index (Phi) is 3.43. The molecule has 0 radical (unpaired) electrons. The Balaban J connectivity index is 1.93. The lowest BCUT2D eigenvalue weighted by Crippen LogP contribution is -2.52. The van der Waals surface area contributed by atoms with Crippen molar-refractivity contribution in [1.29, 1.82) is 0 Å². The summed E-state index contributed by atoms with van der Waals surface area (Å²) < 4.78 is 0. The molecule has 1 N–H and O–H groups in total. The van der Waals surface area contributed by atoms with E-state index in [4.69, 9.17) is 4.98 Å². The van der Waals surface area contributed by atoms with Crippen LogP contribution in [0.1, 0.15) is 41.3 Å². The maximum Gasteiger partial charge on any atom is 0.115 e. The fourth-order valence-corrected chi connectivity index (χ4v) is 4.68. The lowest BCUT2D eigenvalue weighted by Gasteiger charge is -2.40. The number of hydrogen-bond acceptors (Lipinski definition) is 4. The average molecular weight is 265 g/mol. The summed E-state index contributed by atoms with van der Waals surface area (Å²) in [5, 5.41) is 4.92. The van der Waals surface area contributed by atoms with Crippen LogP contribution < -0.4 is 5.32 Å². The topological polar surface area (TPSA) is 28.2 Å². The highest BCUT2D eigenvalue weighted by molar-refractivity contribution is 7.11. The van der Waals surface area contributed by atoms with E-state index in [1.807, 2.05) is 11.3 Å². The summed E-state index contributed by atoms with van der Waals surface area (Å²) in [5.41, 5.74) is 1.50. The van der Waals surface area contributed by atoms with Crippen LogP contribution in [0.15, 0.2) is 0 Å². The Labute approximate surface area is 114 Å². The minimum absolute atomic E-state index is 0.106. The van der Waals surface area contributed by atoms with Crippen LogP contribution in [0.25, 0.3) is 0 Å². The van der Waals surface area contributed by atoms with Gasteiger partial charge >= 0.3 is 0 Å². The monoisotopic (exact) mass is 265 g/mol. The highest BCUT2D eigenvalue weighted by Gasteiger charge is 2.38. The van der Waals surface area contributed by atoms with Gasteiger partial charge in [-0.05, 0) is 59.2 Å². The van der Waals surface area contributed by atoms with Crippen molar-refractivity contribution >= 4 is 11.3 Å². The van der Waals surface area contributed by atoms with E-state index in [-0.39, 0.29) is 5.54 Å².